The molecule has 2 nitrogen and oxygen atoms in total. The van der Waals surface area contributed by atoms with Crippen LogP contribution in [0, 0.1) is 5.92 Å². The molecule has 19 heavy (non-hydrogen) atoms. The summed E-state index contributed by atoms with van der Waals surface area (Å²) in [5.41, 5.74) is 0. The molecule has 3 rings (SSSR count). The minimum Gasteiger partial charge on any atom is -0.316 e. The summed E-state index contributed by atoms with van der Waals surface area (Å²) in [7, 11) is 0. The molecule has 2 heterocycles. The van der Waals surface area contributed by atoms with Gasteiger partial charge in [0.1, 0.15) is 0 Å². The molecule has 2 fully saturated rings. The Morgan fingerprint density at radius 3 is 2.74 bits per heavy atom. The van der Waals surface area contributed by atoms with Crippen molar-refractivity contribution in [2.75, 3.05) is 19.6 Å². The number of hydrogen-bond acceptors (Lipinski definition) is 3. The number of nitrogens with zero attached hydrogens (tertiary/aromatic N) is 1. The van der Waals surface area contributed by atoms with Crippen molar-refractivity contribution in [3.63, 3.8) is 0 Å². The standard InChI is InChI=1S/C14H20Br2N2S/c15-13-6-12(19-14(13)16)9-18(11-3-4-11)8-10-2-1-5-17-7-10/h6,10-11,17H,1-5,7-9H2. The van der Waals surface area contributed by atoms with Crippen LogP contribution in [0.25, 0.3) is 0 Å². The summed E-state index contributed by atoms with van der Waals surface area (Å²) in [6.45, 7) is 4.81. The molecule has 0 radical (unpaired) electrons. The predicted molar refractivity (Wildman–Crippen MR) is 88.7 cm³/mol. The SMILES string of the molecule is Brc1cc(CN(CC2CCCNC2)C2CC2)sc1Br. The average Bonchev–Trinajstić information content (AvgIpc) is 3.18. The Morgan fingerprint density at radius 1 is 1.32 bits per heavy atom. The highest BCUT2D eigenvalue weighted by Crippen LogP contribution is 2.36. The van der Waals surface area contributed by atoms with Crippen LogP contribution >= 0.6 is 43.2 Å². The number of rotatable bonds is 5. The minimum absolute atomic E-state index is 0.848. The molecule has 1 aromatic heterocycles. The van der Waals surface area contributed by atoms with Crippen LogP contribution in [0.2, 0.25) is 0 Å². The first kappa shape index (κ1) is 14.5. The van der Waals surface area contributed by atoms with Gasteiger partial charge in [0, 0.05) is 28.5 Å². The molecule has 5 heteroatoms. The van der Waals surface area contributed by atoms with E-state index in [1.807, 2.05) is 11.3 Å². The van der Waals surface area contributed by atoms with Crippen molar-refractivity contribution in [1.29, 1.82) is 0 Å². The molecule has 1 aliphatic carbocycles. The first-order chi connectivity index (χ1) is 9.22. The van der Waals surface area contributed by atoms with E-state index in [4.69, 9.17) is 0 Å². The summed E-state index contributed by atoms with van der Waals surface area (Å²) in [6.07, 6.45) is 5.54. The van der Waals surface area contributed by atoms with Crippen molar-refractivity contribution in [2.24, 2.45) is 5.92 Å². The quantitative estimate of drug-likeness (QED) is 0.785. The van der Waals surface area contributed by atoms with Crippen LogP contribution in [0.15, 0.2) is 14.3 Å². The van der Waals surface area contributed by atoms with Crippen LogP contribution in [-0.2, 0) is 6.54 Å². The number of hydrogen-bond donors (Lipinski definition) is 1. The van der Waals surface area contributed by atoms with E-state index in [1.165, 1.54) is 58.5 Å². The number of halogens is 2. The molecule has 1 aromatic rings. The normalized spacial score (nSPS) is 24.1. The minimum atomic E-state index is 0.848. The highest BCUT2D eigenvalue weighted by Gasteiger charge is 2.31. The van der Waals surface area contributed by atoms with Gasteiger partial charge in [-0.05, 0) is 82.6 Å². The van der Waals surface area contributed by atoms with Gasteiger partial charge in [-0.25, -0.2) is 0 Å². The Bertz CT molecular complexity index is 406. The van der Waals surface area contributed by atoms with E-state index in [9.17, 15) is 0 Å². The smallest absolute Gasteiger partial charge is 0.0843 e. The van der Waals surface area contributed by atoms with E-state index in [2.05, 4.69) is 48.1 Å². The topological polar surface area (TPSA) is 15.3 Å². The third-order valence-corrected chi connectivity index (χ3v) is 7.25. The first-order valence-electron chi connectivity index (χ1n) is 7.11. The fourth-order valence-electron chi connectivity index (χ4n) is 2.86. The molecule has 1 saturated heterocycles. The van der Waals surface area contributed by atoms with Crippen molar-refractivity contribution in [3.05, 3.63) is 19.2 Å². The van der Waals surface area contributed by atoms with Gasteiger partial charge in [0.25, 0.3) is 0 Å². The zero-order chi connectivity index (χ0) is 13.2. The van der Waals surface area contributed by atoms with Gasteiger partial charge in [0.2, 0.25) is 0 Å². The number of piperidine rings is 1. The van der Waals surface area contributed by atoms with Crippen LogP contribution in [0.5, 0.6) is 0 Å². The molecule has 1 aliphatic heterocycles. The Kier molecular flexibility index (Phi) is 5.01. The maximum Gasteiger partial charge on any atom is 0.0843 e. The van der Waals surface area contributed by atoms with Gasteiger partial charge >= 0.3 is 0 Å². The molecular formula is C14H20Br2N2S. The molecule has 0 amide bonds. The Labute approximate surface area is 136 Å². The van der Waals surface area contributed by atoms with E-state index >= 15 is 0 Å². The fourth-order valence-corrected chi connectivity index (χ4v) is 5.07. The van der Waals surface area contributed by atoms with Crippen molar-refractivity contribution >= 4 is 43.2 Å². The summed E-state index contributed by atoms with van der Waals surface area (Å²) in [5, 5.41) is 3.54. The first-order valence-corrected chi connectivity index (χ1v) is 9.51. The molecule has 106 valence electrons. The van der Waals surface area contributed by atoms with Gasteiger partial charge in [0.05, 0.1) is 3.79 Å². The van der Waals surface area contributed by atoms with Gasteiger partial charge < -0.3 is 5.32 Å². The van der Waals surface area contributed by atoms with Crippen LogP contribution in [0.3, 0.4) is 0 Å². The summed E-state index contributed by atoms with van der Waals surface area (Å²) in [4.78, 5) is 4.18. The molecule has 2 aliphatic rings. The monoisotopic (exact) mass is 406 g/mol. The molecule has 0 aromatic carbocycles. The number of nitrogens with one attached hydrogen (secondary N) is 1. The average molecular weight is 408 g/mol. The zero-order valence-corrected chi connectivity index (χ0v) is 15.0. The van der Waals surface area contributed by atoms with Crippen LogP contribution in [-0.4, -0.2) is 30.6 Å². The molecule has 1 atom stereocenters. The molecule has 1 unspecified atom stereocenters. The molecule has 0 bridgehead atoms. The third-order valence-electron chi connectivity index (χ3n) is 4.01. The van der Waals surface area contributed by atoms with Gasteiger partial charge in [-0.1, -0.05) is 0 Å². The molecule has 1 N–H and O–H groups in total. The van der Waals surface area contributed by atoms with Crippen molar-refractivity contribution < 1.29 is 0 Å². The Morgan fingerprint density at radius 2 is 2.16 bits per heavy atom. The van der Waals surface area contributed by atoms with E-state index in [0.717, 1.165) is 18.5 Å². The van der Waals surface area contributed by atoms with E-state index < -0.39 is 0 Å². The molecular weight excluding hydrogens is 388 g/mol. The lowest BCUT2D eigenvalue weighted by atomic mass is 9.99. The second-order valence-electron chi connectivity index (χ2n) is 5.71. The lowest BCUT2D eigenvalue weighted by molar-refractivity contribution is 0.194. The largest absolute Gasteiger partial charge is 0.316 e. The zero-order valence-electron chi connectivity index (χ0n) is 11.0. The highest BCUT2D eigenvalue weighted by molar-refractivity contribution is 9.13. The van der Waals surface area contributed by atoms with E-state index in [1.54, 1.807) is 0 Å². The van der Waals surface area contributed by atoms with Gasteiger partial charge in [-0.15, -0.1) is 11.3 Å². The van der Waals surface area contributed by atoms with Crippen LogP contribution in [0.4, 0.5) is 0 Å². The summed E-state index contributed by atoms with van der Waals surface area (Å²) < 4.78 is 2.42. The Balaban J connectivity index is 1.60. The Hall–Kier alpha value is 0.580. The third kappa shape index (κ3) is 4.03. The second-order valence-corrected chi connectivity index (χ2v) is 9.02. The lowest BCUT2D eigenvalue weighted by Crippen LogP contribution is -2.38. The van der Waals surface area contributed by atoms with Crippen molar-refractivity contribution in [3.8, 4) is 0 Å². The second kappa shape index (κ2) is 6.56. The maximum absolute atomic E-state index is 3.60. The van der Waals surface area contributed by atoms with Gasteiger partial charge in [-0.2, -0.15) is 0 Å². The summed E-state index contributed by atoms with van der Waals surface area (Å²) in [5.74, 6) is 0.848. The molecule has 0 spiro atoms. The van der Waals surface area contributed by atoms with E-state index in [-0.39, 0.29) is 0 Å². The van der Waals surface area contributed by atoms with E-state index in [0.29, 0.717) is 0 Å². The summed E-state index contributed by atoms with van der Waals surface area (Å²) >= 11 is 9.05. The summed E-state index contributed by atoms with van der Waals surface area (Å²) in [6, 6.07) is 3.12. The van der Waals surface area contributed by atoms with Gasteiger partial charge in [-0.3, -0.25) is 4.90 Å². The van der Waals surface area contributed by atoms with Crippen molar-refractivity contribution in [2.45, 2.75) is 38.3 Å². The molecule has 1 saturated carbocycles. The van der Waals surface area contributed by atoms with Crippen LogP contribution in [0.1, 0.15) is 30.6 Å². The lowest BCUT2D eigenvalue weighted by Gasteiger charge is -2.30. The van der Waals surface area contributed by atoms with Crippen LogP contribution < -0.4 is 5.32 Å². The van der Waals surface area contributed by atoms with Crippen molar-refractivity contribution in [1.82, 2.24) is 10.2 Å². The predicted octanol–water partition coefficient (Wildman–Crippen LogP) is 4.24. The fraction of sp³-hybridized carbons (Fsp3) is 0.714. The van der Waals surface area contributed by atoms with Gasteiger partial charge in [0.15, 0.2) is 0 Å². The maximum atomic E-state index is 3.60. The highest BCUT2D eigenvalue weighted by atomic mass is 79.9. The number of thiophene rings is 1.